The number of aromatic amines is 1. The van der Waals surface area contributed by atoms with Crippen LogP contribution in [0.5, 0.6) is 0 Å². The topological polar surface area (TPSA) is 28.7 Å². The molecule has 0 saturated carbocycles. The molecule has 2 aromatic rings. The lowest BCUT2D eigenvalue weighted by Gasteiger charge is -2.22. The zero-order valence-corrected chi connectivity index (χ0v) is 10.2. The van der Waals surface area contributed by atoms with Gasteiger partial charge in [-0.15, -0.1) is 0 Å². The van der Waals surface area contributed by atoms with Crippen molar-refractivity contribution in [2.45, 2.75) is 33.1 Å². The molecule has 0 saturated heterocycles. The second-order valence-electron chi connectivity index (χ2n) is 4.94. The molecule has 0 unspecified atom stereocenters. The maximum absolute atomic E-state index is 6.00. The van der Waals surface area contributed by atoms with Crippen molar-refractivity contribution < 1.29 is 0 Å². The van der Waals surface area contributed by atoms with Gasteiger partial charge in [0, 0.05) is 5.39 Å². The highest BCUT2D eigenvalue weighted by Gasteiger charge is 2.21. The van der Waals surface area contributed by atoms with Crippen LogP contribution in [0.15, 0.2) is 12.1 Å². The Hall–Kier alpha value is -1.02. The highest BCUT2D eigenvalue weighted by molar-refractivity contribution is 6.34. The van der Waals surface area contributed by atoms with Crippen LogP contribution >= 0.6 is 11.6 Å². The summed E-state index contributed by atoms with van der Waals surface area (Å²) in [5, 5.41) is 8.63. The summed E-state index contributed by atoms with van der Waals surface area (Å²) in [7, 11) is 0. The highest BCUT2D eigenvalue weighted by atomic mass is 35.5. The minimum atomic E-state index is 0.0967. The molecule has 0 aliphatic carbocycles. The number of nitrogens with zero attached hydrogens (tertiary/aromatic N) is 1. The Kier molecular flexibility index (Phi) is 2.27. The molecule has 0 amide bonds. The summed E-state index contributed by atoms with van der Waals surface area (Å²) in [5.74, 6) is 0. The molecule has 15 heavy (non-hydrogen) atoms. The number of rotatable bonds is 0. The summed E-state index contributed by atoms with van der Waals surface area (Å²) in [5.41, 5.74) is 3.72. The molecule has 2 rings (SSSR count). The molecule has 0 atom stereocenters. The first-order valence-corrected chi connectivity index (χ1v) is 5.42. The average molecular weight is 223 g/mol. The smallest absolute Gasteiger partial charge is 0.158 e. The zero-order chi connectivity index (χ0) is 11.2. The van der Waals surface area contributed by atoms with Gasteiger partial charge in [0.25, 0.3) is 0 Å². The standard InChI is InChI=1S/C12H15ClN2/c1-7-5-6-8-10(14-15-11(8)13)9(7)12(2,3)4/h5-6H,1-4H3,(H,14,15). The summed E-state index contributed by atoms with van der Waals surface area (Å²) in [6.45, 7) is 8.71. The predicted octanol–water partition coefficient (Wildman–Crippen LogP) is 3.82. The SMILES string of the molecule is Cc1ccc2c(Cl)n[nH]c2c1C(C)(C)C. The third-order valence-corrected chi connectivity index (χ3v) is 2.94. The van der Waals surface area contributed by atoms with Crippen LogP contribution in [-0.4, -0.2) is 10.2 Å². The number of nitrogens with one attached hydrogen (secondary N) is 1. The van der Waals surface area contributed by atoms with Gasteiger partial charge in [0.2, 0.25) is 0 Å². The van der Waals surface area contributed by atoms with Crippen LogP contribution in [-0.2, 0) is 5.41 Å². The van der Waals surface area contributed by atoms with Crippen molar-refractivity contribution in [2.24, 2.45) is 0 Å². The van der Waals surface area contributed by atoms with E-state index in [0.717, 1.165) is 10.9 Å². The van der Waals surface area contributed by atoms with Crippen molar-refractivity contribution in [3.8, 4) is 0 Å². The third kappa shape index (κ3) is 1.63. The number of aryl methyl sites for hydroxylation is 1. The molecule has 2 nitrogen and oxygen atoms in total. The van der Waals surface area contributed by atoms with Crippen LogP contribution in [0.4, 0.5) is 0 Å². The van der Waals surface area contributed by atoms with Crippen molar-refractivity contribution in [3.63, 3.8) is 0 Å². The lowest BCUT2D eigenvalue weighted by atomic mass is 9.83. The largest absolute Gasteiger partial charge is 0.276 e. The third-order valence-electron chi connectivity index (χ3n) is 2.65. The zero-order valence-electron chi connectivity index (χ0n) is 9.48. The van der Waals surface area contributed by atoms with E-state index in [1.54, 1.807) is 0 Å². The summed E-state index contributed by atoms with van der Waals surface area (Å²) in [4.78, 5) is 0. The maximum Gasteiger partial charge on any atom is 0.158 e. The first kappa shape index (κ1) is 10.5. The summed E-state index contributed by atoms with van der Waals surface area (Å²) in [6, 6.07) is 4.12. The Balaban J connectivity index is 2.87. The summed E-state index contributed by atoms with van der Waals surface area (Å²) < 4.78 is 0. The van der Waals surface area contributed by atoms with Crippen LogP contribution < -0.4 is 0 Å². The van der Waals surface area contributed by atoms with Crippen LogP contribution in [0, 0.1) is 6.92 Å². The molecule has 0 fully saturated rings. The fourth-order valence-corrected chi connectivity index (χ4v) is 2.33. The van der Waals surface area contributed by atoms with Crippen molar-refractivity contribution in [2.75, 3.05) is 0 Å². The van der Waals surface area contributed by atoms with E-state index in [9.17, 15) is 0 Å². The minimum absolute atomic E-state index is 0.0967. The average Bonchev–Trinajstić information content (AvgIpc) is 2.45. The van der Waals surface area contributed by atoms with Gasteiger partial charge in [-0.05, 0) is 29.5 Å². The van der Waals surface area contributed by atoms with Gasteiger partial charge in [0.15, 0.2) is 5.15 Å². The van der Waals surface area contributed by atoms with Crippen molar-refractivity contribution >= 4 is 22.5 Å². The van der Waals surface area contributed by atoms with Crippen LogP contribution in [0.25, 0.3) is 10.9 Å². The number of hydrogen-bond donors (Lipinski definition) is 1. The monoisotopic (exact) mass is 222 g/mol. The van der Waals surface area contributed by atoms with Gasteiger partial charge in [-0.1, -0.05) is 38.4 Å². The van der Waals surface area contributed by atoms with Gasteiger partial charge in [-0.25, -0.2) is 0 Å². The summed E-state index contributed by atoms with van der Waals surface area (Å²) in [6.07, 6.45) is 0. The van der Waals surface area contributed by atoms with Gasteiger partial charge in [0.1, 0.15) is 0 Å². The molecule has 1 N–H and O–H groups in total. The second kappa shape index (κ2) is 3.24. The molecule has 3 heteroatoms. The van der Waals surface area contributed by atoms with Gasteiger partial charge >= 0.3 is 0 Å². The number of benzene rings is 1. The first-order valence-electron chi connectivity index (χ1n) is 5.05. The Labute approximate surface area is 94.6 Å². The molecule has 80 valence electrons. The van der Waals surface area contributed by atoms with E-state index in [-0.39, 0.29) is 5.41 Å². The van der Waals surface area contributed by atoms with Crippen LogP contribution in [0.1, 0.15) is 31.9 Å². The Morgan fingerprint density at radius 3 is 2.53 bits per heavy atom. The molecule has 0 aliphatic rings. The fraction of sp³-hybridized carbons (Fsp3) is 0.417. The lowest BCUT2D eigenvalue weighted by molar-refractivity contribution is 0.590. The molecule has 0 bridgehead atoms. The van der Waals surface area contributed by atoms with Gasteiger partial charge in [0.05, 0.1) is 5.52 Å². The Morgan fingerprint density at radius 2 is 1.93 bits per heavy atom. The van der Waals surface area contributed by atoms with E-state index in [1.807, 2.05) is 6.07 Å². The molecular weight excluding hydrogens is 208 g/mol. The summed E-state index contributed by atoms with van der Waals surface area (Å²) >= 11 is 6.00. The Bertz CT molecular complexity index is 506. The quantitative estimate of drug-likeness (QED) is 0.721. The molecule has 1 aromatic heterocycles. The van der Waals surface area contributed by atoms with E-state index >= 15 is 0 Å². The van der Waals surface area contributed by atoms with Gasteiger partial charge in [-0.3, -0.25) is 5.10 Å². The minimum Gasteiger partial charge on any atom is -0.276 e. The number of hydrogen-bond acceptors (Lipinski definition) is 1. The maximum atomic E-state index is 6.00. The molecule has 0 spiro atoms. The van der Waals surface area contributed by atoms with E-state index in [1.165, 1.54) is 11.1 Å². The lowest BCUT2D eigenvalue weighted by Crippen LogP contribution is -2.13. The van der Waals surface area contributed by atoms with Gasteiger partial charge in [-0.2, -0.15) is 5.10 Å². The molecule has 0 aliphatic heterocycles. The van der Waals surface area contributed by atoms with E-state index < -0.39 is 0 Å². The molecular formula is C12H15ClN2. The van der Waals surface area contributed by atoms with Gasteiger partial charge < -0.3 is 0 Å². The fourth-order valence-electron chi connectivity index (χ4n) is 2.13. The van der Waals surface area contributed by atoms with Crippen LogP contribution in [0.3, 0.4) is 0 Å². The number of fused-ring (bicyclic) bond motifs is 1. The van der Waals surface area contributed by atoms with Crippen molar-refractivity contribution in [1.29, 1.82) is 0 Å². The number of aromatic nitrogens is 2. The second-order valence-corrected chi connectivity index (χ2v) is 5.30. The predicted molar refractivity (Wildman–Crippen MR) is 64.5 cm³/mol. The molecule has 0 radical (unpaired) electrons. The van der Waals surface area contributed by atoms with E-state index in [4.69, 9.17) is 11.6 Å². The number of H-pyrrole nitrogens is 1. The van der Waals surface area contributed by atoms with Crippen molar-refractivity contribution in [1.82, 2.24) is 10.2 Å². The van der Waals surface area contributed by atoms with E-state index in [2.05, 4.69) is 44.0 Å². The van der Waals surface area contributed by atoms with Crippen LogP contribution in [0.2, 0.25) is 5.15 Å². The molecule has 1 heterocycles. The van der Waals surface area contributed by atoms with E-state index in [0.29, 0.717) is 5.15 Å². The first-order chi connectivity index (χ1) is 6.91. The van der Waals surface area contributed by atoms with Crippen molar-refractivity contribution in [3.05, 3.63) is 28.4 Å². The normalized spacial score (nSPS) is 12.3. The Morgan fingerprint density at radius 1 is 1.27 bits per heavy atom. The highest BCUT2D eigenvalue weighted by Crippen LogP contribution is 2.33. The number of halogens is 1. The molecule has 1 aromatic carbocycles.